The van der Waals surface area contributed by atoms with E-state index in [1.54, 1.807) is 4.90 Å². The van der Waals surface area contributed by atoms with E-state index in [2.05, 4.69) is 5.32 Å². The van der Waals surface area contributed by atoms with E-state index in [1.165, 1.54) is 18.2 Å². The van der Waals surface area contributed by atoms with Crippen molar-refractivity contribution in [3.05, 3.63) is 38.9 Å². The van der Waals surface area contributed by atoms with Crippen molar-refractivity contribution in [1.82, 2.24) is 10.2 Å². The molecule has 0 spiro atoms. The minimum Gasteiger partial charge on any atom is -0.343 e. The van der Waals surface area contributed by atoms with Crippen molar-refractivity contribution in [3.8, 4) is 0 Å². The molecule has 0 bridgehead atoms. The molecule has 1 fully saturated rings. The third-order valence-corrected chi connectivity index (χ3v) is 3.94. The largest absolute Gasteiger partial charge is 0.343 e. The number of carbonyl (C=O) groups excluding carboxylic acids is 2. The Morgan fingerprint density at radius 3 is 2.87 bits per heavy atom. The van der Waals surface area contributed by atoms with Crippen LogP contribution in [-0.2, 0) is 4.79 Å². The number of piperidine rings is 1. The summed E-state index contributed by atoms with van der Waals surface area (Å²) in [5.41, 5.74) is 5.16. The van der Waals surface area contributed by atoms with Crippen molar-refractivity contribution < 1.29 is 14.5 Å². The van der Waals surface area contributed by atoms with E-state index in [1.807, 2.05) is 0 Å². The van der Waals surface area contributed by atoms with E-state index in [0.29, 0.717) is 13.1 Å². The summed E-state index contributed by atoms with van der Waals surface area (Å²) in [5, 5.41) is 13.3. The molecule has 2 rings (SSSR count). The molecule has 3 N–H and O–H groups in total. The number of nitro groups is 1. The number of rotatable bonds is 4. The second-order valence-electron chi connectivity index (χ2n) is 5.32. The monoisotopic (exact) mass is 340 g/mol. The Morgan fingerprint density at radius 2 is 2.22 bits per heavy atom. The van der Waals surface area contributed by atoms with Gasteiger partial charge in [0.25, 0.3) is 11.6 Å². The van der Waals surface area contributed by atoms with Gasteiger partial charge in [-0.3, -0.25) is 19.7 Å². The molecule has 124 valence electrons. The van der Waals surface area contributed by atoms with Crippen LogP contribution in [0.25, 0.3) is 0 Å². The van der Waals surface area contributed by atoms with Crippen LogP contribution in [0.4, 0.5) is 5.69 Å². The Morgan fingerprint density at radius 1 is 1.48 bits per heavy atom. The molecule has 1 heterocycles. The fraction of sp³-hybridized carbons (Fsp3) is 0.429. The maximum absolute atomic E-state index is 12.1. The molecule has 0 aromatic heterocycles. The molecule has 9 heteroatoms. The molecule has 8 nitrogen and oxygen atoms in total. The fourth-order valence-electron chi connectivity index (χ4n) is 2.48. The molecule has 1 aromatic carbocycles. The summed E-state index contributed by atoms with van der Waals surface area (Å²) in [7, 11) is 0. The number of hydrogen-bond acceptors (Lipinski definition) is 5. The van der Waals surface area contributed by atoms with Crippen LogP contribution in [0, 0.1) is 10.1 Å². The SMILES string of the molecule is NC1CCCN(C(=O)CNC(=O)c2c(Cl)cccc2[N+](=O)[O-])C1. The van der Waals surface area contributed by atoms with Gasteiger partial charge < -0.3 is 16.0 Å². The number of nitro benzene ring substituents is 1. The topological polar surface area (TPSA) is 119 Å². The summed E-state index contributed by atoms with van der Waals surface area (Å²) in [6.07, 6.45) is 1.68. The summed E-state index contributed by atoms with van der Waals surface area (Å²) in [5.74, 6) is -1.03. The predicted octanol–water partition coefficient (Wildman–Crippen LogP) is 0.928. The molecule has 1 aliphatic heterocycles. The van der Waals surface area contributed by atoms with Crippen LogP contribution in [-0.4, -0.2) is 47.3 Å². The average Bonchev–Trinajstić information content (AvgIpc) is 2.51. The lowest BCUT2D eigenvalue weighted by molar-refractivity contribution is -0.385. The molecular formula is C14H17ClN4O4. The molecule has 1 saturated heterocycles. The van der Waals surface area contributed by atoms with E-state index in [9.17, 15) is 19.7 Å². The van der Waals surface area contributed by atoms with Gasteiger partial charge >= 0.3 is 0 Å². The maximum Gasteiger partial charge on any atom is 0.283 e. The van der Waals surface area contributed by atoms with Crippen molar-refractivity contribution in [3.63, 3.8) is 0 Å². The van der Waals surface area contributed by atoms with Crippen LogP contribution in [0.1, 0.15) is 23.2 Å². The highest BCUT2D eigenvalue weighted by Crippen LogP contribution is 2.25. The number of nitrogens with two attached hydrogens (primary N) is 1. The van der Waals surface area contributed by atoms with Crippen molar-refractivity contribution in [2.24, 2.45) is 5.73 Å². The fourth-order valence-corrected chi connectivity index (χ4v) is 2.74. The molecule has 1 aromatic rings. The predicted molar refractivity (Wildman–Crippen MR) is 84.2 cm³/mol. The van der Waals surface area contributed by atoms with Crippen LogP contribution in [0.5, 0.6) is 0 Å². The molecule has 23 heavy (non-hydrogen) atoms. The highest BCUT2D eigenvalue weighted by molar-refractivity contribution is 6.34. The zero-order chi connectivity index (χ0) is 17.0. The van der Waals surface area contributed by atoms with Crippen LogP contribution in [0.3, 0.4) is 0 Å². The van der Waals surface area contributed by atoms with Gasteiger partial charge in [-0.05, 0) is 18.9 Å². The average molecular weight is 341 g/mol. The van der Waals surface area contributed by atoms with Crippen molar-refractivity contribution in [2.45, 2.75) is 18.9 Å². The van der Waals surface area contributed by atoms with Crippen LogP contribution in [0.15, 0.2) is 18.2 Å². The summed E-state index contributed by atoms with van der Waals surface area (Å²) < 4.78 is 0. The Bertz CT molecular complexity index is 637. The van der Waals surface area contributed by atoms with Crippen molar-refractivity contribution in [1.29, 1.82) is 0 Å². The zero-order valence-electron chi connectivity index (χ0n) is 12.3. The summed E-state index contributed by atoms with van der Waals surface area (Å²) in [4.78, 5) is 36.1. The molecule has 1 unspecified atom stereocenters. The minimum atomic E-state index is -0.753. The lowest BCUT2D eigenvalue weighted by atomic mass is 10.1. The van der Waals surface area contributed by atoms with Gasteiger partial charge in [0.1, 0.15) is 5.56 Å². The number of hydrogen-bond donors (Lipinski definition) is 2. The van der Waals surface area contributed by atoms with Gasteiger partial charge in [0.2, 0.25) is 5.91 Å². The van der Waals surface area contributed by atoms with Gasteiger partial charge in [-0.25, -0.2) is 0 Å². The number of likely N-dealkylation sites (tertiary alicyclic amines) is 1. The van der Waals surface area contributed by atoms with Gasteiger partial charge in [0, 0.05) is 25.2 Å². The number of halogens is 1. The first-order chi connectivity index (χ1) is 10.9. The number of nitrogens with zero attached hydrogens (tertiary/aromatic N) is 2. The quantitative estimate of drug-likeness (QED) is 0.624. The smallest absolute Gasteiger partial charge is 0.283 e. The van der Waals surface area contributed by atoms with Crippen LogP contribution in [0.2, 0.25) is 5.02 Å². The molecule has 2 amide bonds. The highest BCUT2D eigenvalue weighted by atomic mass is 35.5. The Kier molecular flexibility index (Phi) is 5.51. The maximum atomic E-state index is 12.1. The number of nitrogens with one attached hydrogen (secondary N) is 1. The lowest BCUT2D eigenvalue weighted by Gasteiger charge is -2.30. The first kappa shape index (κ1) is 17.2. The second-order valence-corrected chi connectivity index (χ2v) is 5.72. The van der Waals surface area contributed by atoms with E-state index >= 15 is 0 Å². The van der Waals surface area contributed by atoms with E-state index in [0.717, 1.165) is 12.8 Å². The minimum absolute atomic E-state index is 0.0378. The summed E-state index contributed by atoms with van der Waals surface area (Å²) >= 11 is 5.87. The molecule has 1 atom stereocenters. The molecule has 0 aliphatic carbocycles. The Balaban J connectivity index is 2.03. The first-order valence-corrected chi connectivity index (χ1v) is 7.52. The highest BCUT2D eigenvalue weighted by Gasteiger charge is 2.25. The molecule has 0 saturated carbocycles. The summed E-state index contributed by atoms with van der Waals surface area (Å²) in [6.45, 7) is 0.781. The summed E-state index contributed by atoms with van der Waals surface area (Å²) in [6, 6.07) is 3.90. The second kappa shape index (κ2) is 7.38. The standard InChI is InChI=1S/C14H17ClN4O4/c15-10-4-1-5-11(19(22)23)13(10)14(21)17-7-12(20)18-6-2-3-9(16)8-18/h1,4-5,9H,2-3,6-8,16H2,(H,17,21). The van der Waals surface area contributed by atoms with Gasteiger partial charge in [0.05, 0.1) is 16.5 Å². The van der Waals surface area contributed by atoms with E-state index < -0.39 is 16.5 Å². The molecular weight excluding hydrogens is 324 g/mol. The third-order valence-electron chi connectivity index (χ3n) is 3.63. The zero-order valence-corrected chi connectivity index (χ0v) is 13.1. The molecule has 0 radical (unpaired) electrons. The van der Waals surface area contributed by atoms with Crippen LogP contribution >= 0.6 is 11.6 Å². The van der Waals surface area contributed by atoms with E-state index in [4.69, 9.17) is 17.3 Å². The first-order valence-electron chi connectivity index (χ1n) is 7.14. The normalized spacial score (nSPS) is 17.7. The third kappa shape index (κ3) is 4.17. The lowest BCUT2D eigenvalue weighted by Crippen LogP contribution is -2.49. The van der Waals surface area contributed by atoms with Crippen molar-refractivity contribution >= 4 is 29.1 Å². The van der Waals surface area contributed by atoms with Gasteiger partial charge in [0.15, 0.2) is 0 Å². The Hall–Kier alpha value is -2.19. The number of benzene rings is 1. The van der Waals surface area contributed by atoms with Crippen molar-refractivity contribution in [2.75, 3.05) is 19.6 Å². The van der Waals surface area contributed by atoms with Gasteiger partial charge in [-0.15, -0.1) is 0 Å². The van der Waals surface area contributed by atoms with E-state index in [-0.39, 0.29) is 29.1 Å². The number of amides is 2. The number of carbonyl (C=O) groups is 2. The molecule has 1 aliphatic rings. The van der Waals surface area contributed by atoms with Gasteiger partial charge in [-0.1, -0.05) is 17.7 Å². The van der Waals surface area contributed by atoms with Crippen LogP contribution < -0.4 is 11.1 Å². The Labute approximate surface area is 137 Å². The van der Waals surface area contributed by atoms with Gasteiger partial charge in [-0.2, -0.15) is 0 Å².